The van der Waals surface area contributed by atoms with Crippen molar-refractivity contribution >= 4 is 39.1 Å². The molecular weight excluding hydrogens is 613 g/mol. The fourth-order valence-corrected chi connectivity index (χ4v) is 6.36. The van der Waals surface area contributed by atoms with Crippen LogP contribution in [0, 0.1) is 0 Å². The third-order valence-electron chi connectivity index (χ3n) is 6.49. The van der Waals surface area contributed by atoms with Crippen LogP contribution in [-0.2, 0) is 14.8 Å². The minimum atomic E-state index is -4.43. The first-order valence-electron chi connectivity index (χ1n) is 12.0. The molecule has 1 saturated carbocycles. The summed E-state index contributed by atoms with van der Waals surface area (Å²) in [5, 5.41) is 13.1. The molecule has 1 aliphatic carbocycles. The van der Waals surface area contributed by atoms with Crippen LogP contribution in [0.25, 0.3) is 5.69 Å². The van der Waals surface area contributed by atoms with E-state index >= 15 is 0 Å². The van der Waals surface area contributed by atoms with Gasteiger partial charge in [0.15, 0.2) is 17.2 Å². The molecule has 2 fully saturated rings. The van der Waals surface area contributed by atoms with Gasteiger partial charge < -0.3 is 14.7 Å². The molecule has 0 radical (unpaired) electrons. The molecule has 13 nitrogen and oxygen atoms in total. The summed E-state index contributed by atoms with van der Waals surface area (Å²) in [6.45, 7) is 1.09. The summed E-state index contributed by atoms with van der Waals surface area (Å²) >= 11 is 12.5. The summed E-state index contributed by atoms with van der Waals surface area (Å²) in [5.74, 6) is -1.66. The van der Waals surface area contributed by atoms with Gasteiger partial charge in [-0.1, -0.05) is 23.2 Å². The summed E-state index contributed by atoms with van der Waals surface area (Å²) in [5.41, 5.74) is -5.19. The predicted octanol–water partition coefficient (Wildman–Crippen LogP) is 2.49. The summed E-state index contributed by atoms with van der Waals surface area (Å²) < 4.78 is 61.1. The molecule has 1 aromatic carbocycles. The molecular formula is C23H20Cl2F2N6O7S. The van der Waals surface area contributed by atoms with Crippen LogP contribution < -0.4 is 20.7 Å². The number of rotatable bonds is 8. The Bertz CT molecular complexity index is 1750. The number of benzene rings is 1. The zero-order valence-corrected chi connectivity index (χ0v) is 23.1. The van der Waals surface area contributed by atoms with Crippen LogP contribution in [0.15, 0.2) is 38.9 Å². The number of hydrogen-bond donors (Lipinski definition) is 3. The van der Waals surface area contributed by atoms with Crippen LogP contribution in [0.4, 0.5) is 8.78 Å². The highest BCUT2D eigenvalue weighted by molar-refractivity contribution is 7.89. The monoisotopic (exact) mass is 632 g/mol. The average Bonchev–Trinajstić information content (AvgIpc) is 3.45. The highest BCUT2D eigenvalue weighted by Gasteiger charge is 2.55. The Morgan fingerprint density at radius 3 is 2.37 bits per heavy atom. The van der Waals surface area contributed by atoms with Gasteiger partial charge in [0.1, 0.15) is 10.4 Å². The molecule has 1 amide bonds. The quantitative estimate of drug-likeness (QED) is 0.336. The Morgan fingerprint density at radius 1 is 1.15 bits per heavy atom. The van der Waals surface area contributed by atoms with Crippen molar-refractivity contribution in [1.82, 2.24) is 29.4 Å². The van der Waals surface area contributed by atoms with E-state index in [4.69, 9.17) is 27.9 Å². The second kappa shape index (κ2) is 10.7. The lowest BCUT2D eigenvalue weighted by Crippen LogP contribution is -2.49. The van der Waals surface area contributed by atoms with E-state index in [1.54, 1.807) is 9.88 Å². The predicted molar refractivity (Wildman–Crippen MR) is 140 cm³/mol. The first-order valence-corrected chi connectivity index (χ1v) is 14.3. The van der Waals surface area contributed by atoms with E-state index in [1.165, 1.54) is 0 Å². The largest absolute Gasteiger partial charge is 0.505 e. The van der Waals surface area contributed by atoms with Crippen LogP contribution in [0.5, 0.6) is 17.4 Å². The number of halogens is 4. The van der Waals surface area contributed by atoms with E-state index in [-0.39, 0.29) is 33.3 Å². The van der Waals surface area contributed by atoms with Crippen molar-refractivity contribution in [3.05, 3.63) is 61.0 Å². The molecule has 18 heteroatoms. The maximum Gasteiger partial charge on any atom is 0.349 e. The van der Waals surface area contributed by atoms with Gasteiger partial charge in [0, 0.05) is 19.2 Å². The molecule has 0 bridgehead atoms. The summed E-state index contributed by atoms with van der Waals surface area (Å²) in [4.78, 5) is 43.2. The number of nitrogens with zero attached hydrogens (tertiary/aromatic N) is 4. The van der Waals surface area contributed by atoms with Gasteiger partial charge >= 0.3 is 5.69 Å². The van der Waals surface area contributed by atoms with Crippen LogP contribution in [0.3, 0.4) is 0 Å². The second-order valence-electron chi connectivity index (χ2n) is 9.37. The van der Waals surface area contributed by atoms with Crippen molar-refractivity contribution in [2.24, 2.45) is 0 Å². The fourth-order valence-electron chi connectivity index (χ4n) is 4.30. The van der Waals surface area contributed by atoms with Gasteiger partial charge in [0.25, 0.3) is 12.0 Å². The van der Waals surface area contributed by atoms with Gasteiger partial charge in [-0.15, -0.1) is 0 Å². The maximum atomic E-state index is 13.2. The molecule has 5 rings (SSSR count). The molecule has 0 unspecified atom stereocenters. The maximum absolute atomic E-state index is 13.2. The minimum absolute atomic E-state index is 0.195. The lowest BCUT2D eigenvalue weighted by Gasteiger charge is -2.23. The number of nitrogens with one attached hydrogen (secondary N) is 2. The van der Waals surface area contributed by atoms with E-state index in [2.05, 4.69) is 14.8 Å². The number of aromatic amines is 1. The van der Waals surface area contributed by atoms with Crippen LogP contribution >= 0.6 is 23.2 Å². The number of sulfonamides is 1. The molecule has 41 heavy (non-hydrogen) atoms. The highest BCUT2D eigenvalue weighted by Crippen LogP contribution is 2.42. The number of ether oxygens (including phenoxy) is 1. The number of amides is 1. The van der Waals surface area contributed by atoms with Gasteiger partial charge in [-0.3, -0.25) is 14.6 Å². The number of likely N-dealkylation sites (tertiary alicyclic amines) is 1. The second-order valence-corrected chi connectivity index (χ2v) is 11.8. The lowest BCUT2D eigenvalue weighted by atomic mass is 10.2. The number of aromatic hydroxyl groups is 1. The Morgan fingerprint density at radius 2 is 1.78 bits per heavy atom. The molecule has 0 spiro atoms. The summed E-state index contributed by atoms with van der Waals surface area (Å²) in [6.07, 6.45) is -0.172. The highest BCUT2D eigenvalue weighted by atomic mass is 35.5. The topological polar surface area (TPSA) is 177 Å². The van der Waals surface area contributed by atoms with E-state index in [0.29, 0.717) is 30.6 Å². The number of aromatic nitrogens is 4. The molecule has 218 valence electrons. The first kappa shape index (κ1) is 28.9. The fraction of sp³-hybridized carbons (Fsp3) is 0.348. The molecule has 2 aromatic heterocycles. The van der Waals surface area contributed by atoms with Crippen molar-refractivity contribution in [1.29, 1.82) is 0 Å². The standard InChI is InChI=1S/C23H20Cl2F2N6O7S/c24-12-7-11(33-22(37)29-20(35)17(30-33)19(26)27)8-13(25)18(12)40-16-9-15(14(34)10-28-16)41(38,39)31-23(3-4-23)21(36)32-5-1-2-6-32/h7-10,19,31,34H,1-6H2,(H,29,35,37). The lowest BCUT2D eigenvalue weighted by molar-refractivity contribution is -0.132. The van der Waals surface area contributed by atoms with Crippen LogP contribution in [-0.4, -0.2) is 62.7 Å². The molecule has 0 atom stereocenters. The van der Waals surface area contributed by atoms with Gasteiger partial charge in [-0.05, 0) is 37.8 Å². The summed E-state index contributed by atoms with van der Waals surface area (Å²) in [6, 6.07) is 3.05. The zero-order valence-electron chi connectivity index (χ0n) is 20.7. The number of carbonyl (C=O) groups excluding carboxylic acids is 1. The smallest absolute Gasteiger partial charge is 0.349 e. The van der Waals surface area contributed by atoms with Crippen molar-refractivity contribution in [2.75, 3.05) is 13.1 Å². The SMILES string of the molecule is O=C(N1CCCC1)C1(NS(=O)(=O)c2cc(Oc3c(Cl)cc(-n4nc(C(F)F)c(=O)[nH]c4=O)cc3Cl)ncc2O)CC1. The van der Waals surface area contributed by atoms with E-state index in [0.717, 1.165) is 37.2 Å². The Labute approximate surface area is 239 Å². The van der Waals surface area contributed by atoms with E-state index < -0.39 is 49.6 Å². The van der Waals surface area contributed by atoms with Crippen molar-refractivity contribution in [3.8, 4) is 23.1 Å². The number of hydrogen-bond acceptors (Lipinski definition) is 9. The van der Waals surface area contributed by atoms with E-state index in [1.807, 2.05) is 0 Å². The molecule has 3 heterocycles. The normalized spacial score (nSPS) is 16.3. The van der Waals surface area contributed by atoms with Crippen molar-refractivity contribution in [3.63, 3.8) is 0 Å². The summed E-state index contributed by atoms with van der Waals surface area (Å²) in [7, 11) is -4.43. The number of carbonyl (C=O) groups is 1. The third kappa shape index (κ3) is 5.64. The Kier molecular flexibility index (Phi) is 7.52. The number of H-pyrrole nitrogens is 1. The third-order valence-corrected chi connectivity index (χ3v) is 8.61. The van der Waals surface area contributed by atoms with Crippen LogP contribution in [0.2, 0.25) is 10.0 Å². The minimum Gasteiger partial charge on any atom is -0.505 e. The first-order chi connectivity index (χ1) is 19.3. The molecule has 3 aromatic rings. The Balaban J connectivity index is 1.42. The van der Waals surface area contributed by atoms with Crippen molar-refractivity contribution in [2.45, 2.75) is 42.5 Å². The van der Waals surface area contributed by atoms with Crippen LogP contribution in [0.1, 0.15) is 37.8 Å². The van der Waals surface area contributed by atoms with Crippen molar-refractivity contribution < 1.29 is 31.8 Å². The van der Waals surface area contributed by atoms with Gasteiger partial charge in [-0.2, -0.15) is 14.5 Å². The number of alkyl halides is 2. The molecule has 3 N–H and O–H groups in total. The number of pyridine rings is 1. The average molecular weight is 633 g/mol. The molecule has 1 aliphatic heterocycles. The molecule has 2 aliphatic rings. The zero-order chi connectivity index (χ0) is 29.7. The molecule has 1 saturated heterocycles. The van der Waals surface area contributed by atoms with Gasteiger partial charge in [0.2, 0.25) is 21.8 Å². The Hall–Kier alpha value is -3.60. The van der Waals surface area contributed by atoms with E-state index in [9.17, 15) is 36.7 Å². The van der Waals surface area contributed by atoms with Gasteiger partial charge in [-0.25, -0.2) is 27.0 Å². The van der Waals surface area contributed by atoms with Gasteiger partial charge in [0.05, 0.1) is 21.9 Å².